The summed E-state index contributed by atoms with van der Waals surface area (Å²) < 4.78 is 15.1. The molecule has 3 aromatic rings. The van der Waals surface area contributed by atoms with Crippen molar-refractivity contribution in [1.82, 2.24) is 19.8 Å². The summed E-state index contributed by atoms with van der Waals surface area (Å²) in [5, 5.41) is 5.87. The molecule has 4 rings (SSSR count). The molecule has 1 unspecified atom stereocenters. The van der Waals surface area contributed by atoms with Crippen LogP contribution in [0.3, 0.4) is 0 Å². The second-order valence-electron chi connectivity index (χ2n) is 8.82. The molecule has 6 nitrogen and oxygen atoms in total. The lowest BCUT2D eigenvalue weighted by Gasteiger charge is -2.32. The highest BCUT2D eigenvalue weighted by Crippen LogP contribution is 2.22. The van der Waals surface area contributed by atoms with Crippen LogP contribution in [0.25, 0.3) is 11.4 Å². The Morgan fingerprint density at radius 3 is 2.85 bits per heavy atom. The van der Waals surface area contributed by atoms with E-state index in [1.54, 1.807) is 18.3 Å². The predicted molar refractivity (Wildman–Crippen MR) is 130 cm³/mol. The molecule has 0 radical (unpaired) electrons. The summed E-state index contributed by atoms with van der Waals surface area (Å²) in [6.07, 6.45) is 7.96. The minimum atomic E-state index is -0.195. The Kier molecular flexibility index (Phi) is 7.73. The number of anilines is 1. The van der Waals surface area contributed by atoms with Crippen molar-refractivity contribution in [2.75, 3.05) is 31.5 Å². The average Bonchev–Trinajstić information content (AvgIpc) is 3.25. The fraction of sp³-hybridized carbons (Fsp3) is 0.385. The molecule has 0 bridgehead atoms. The van der Waals surface area contributed by atoms with Gasteiger partial charge in [-0.2, -0.15) is 0 Å². The Balaban J connectivity index is 1.17. The maximum absolute atomic E-state index is 13.1. The van der Waals surface area contributed by atoms with Crippen LogP contribution in [0.1, 0.15) is 24.8 Å². The van der Waals surface area contributed by atoms with Crippen molar-refractivity contribution in [2.24, 2.45) is 13.0 Å². The topological polar surface area (TPSA) is 62.2 Å². The van der Waals surface area contributed by atoms with Gasteiger partial charge in [-0.15, -0.1) is 0 Å². The van der Waals surface area contributed by atoms with Gasteiger partial charge in [0.1, 0.15) is 11.6 Å². The van der Waals surface area contributed by atoms with Gasteiger partial charge in [0.25, 0.3) is 0 Å². The first-order chi connectivity index (χ1) is 16.1. The van der Waals surface area contributed by atoms with Gasteiger partial charge >= 0.3 is 6.03 Å². The highest BCUT2D eigenvalue weighted by Gasteiger charge is 2.20. The molecule has 1 aromatic heterocycles. The van der Waals surface area contributed by atoms with E-state index in [0.29, 0.717) is 12.5 Å². The molecule has 0 spiro atoms. The third kappa shape index (κ3) is 6.65. The number of carbonyl (C=O) groups is 1. The van der Waals surface area contributed by atoms with Crippen molar-refractivity contribution < 1.29 is 9.18 Å². The van der Waals surface area contributed by atoms with Crippen LogP contribution < -0.4 is 10.6 Å². The van der Waals surface area contributed by atoms with Crippen LogP contribution in [0.15, 0.2) is 60.9 Å². The Bertz CT molecular complexity index is 1050. The maximum atomic E-state index is 13.1. The number of imidazole rings is 1. The van der Waals surface area contributed by atoms with Gasteiger partial charge in [0, 0.05) is 43.8 Å². The van der Waals surface area contributed by atoms with Crippen LogP contribution in [0.2, 0.25) is 0 Å². The molecule has 1 saturated heterocycles. The number of likely N-dealkylation sites (tertiary alicyclic amines) is 1. The minimum absolute atomic E-state index is 0.179. The molecule has 1 atom stereocenters. The van der Waals surface area contributed by atoms with Crippen molar-refractivity contribution in [3.63, 3.8) is 0 Å². The van der Waals surface area contributed by atoms with Crippen molar-refractivity contribution >= 4 is 11.7 Å². The number of rotatable bonds is 8. The van der Waals surface area contributed by atoms with E-state index in [2.05, 4.69) is 20.5 Å². The quantitative estimate of drug-likeness (QED) is 0.491. The number of piperidine rings is 1. The van der Waals surface area contributed by atoms with Crippen LogP contribution >= 0.6 is 0 Å². The zero-order valence-corrected chi connectivity index (χ0v) is 19.1. The zero-order valence-electron chi connectivity index (χ0n) is 19.1. The number of nitrogens with zero attached hydrogens (tertiary/aromatic N) is 3. The van der Waals surface area contributed by atoms with Crippen LogP contribution in [0.4, 0.5) is 14.9 Å². The molecule has 0 aliphatic carbocycles. The summed E-state index contributed by atoms with van der Waals surface area (Å²) in [4.78, 5) is 19.2. The van der Waals surface area contributed by atoms with E-state index < -0.39 is 0 Å². The molecule has 2 N–H and O–H groups in total. The normalized spacial score (nSPS) is 16.5. The maximum Gasteiger partial charge on any atom is 0.319 e. The van der Waals surface area contributed by atoms with Crippen LogP contribution in [0.5, 0.6) is 0 Å². The number of benzene rings is 2. The lowest BCUT2D eigenvalue weighted by atomic mass is 9.91. The fourth-order valence-corrected chi connectivity index (χ4v) is 4.53. The van der Waals surface area contributed by atoms with Crippen molar-refractivity contribution in [3.8, 4) is 11.4 Å². The summed E-state index contributed by atoms with van der Waals surface area (Å²) in [5.41, 5.74) is 2.90. The highest BCUT2D eigenvalue weighted by molar-refractivity contribution is 5.89. The van der Waals surface area contributed by atoms with E-state index >= 15 is 0 Å². The number of amides is 2. The number of aryl methyl sites for hydroxylation is 1. The van der Waals surface area contributed by atoms with E-state index in [0.717, 1.165) is 49.6 Å². The number of hydrogen-bond acceptors (Lipinski definition) is 3. The summed E-state index contributed by atoms with van der Waals surface area (Å²) in [6.45, 7) is 3.76. The minimum Gasteiger partial charge on any atom is -0.338 e. The molecule has 2 amide bonds. The van der Waals surface area contributed by atoms with Crippen molar-refractivity contribution in [1.29, 1.82) is 0 Å². The third-order valence-electron chi connectivity index (χ3n) is 6.18. The van der Waals surface area contributed by atoms with Gasteiger partial charge in [-0.3, -0.25) is 0 Å². The zero-order chi connectivity index (χ0) is 23.0. The van der Waals surface area contributed by atoms with Gasteiger partial charge in [0.15, 0.2) is 0 Å². The predicted octanol–water partition coefficient (Wildman–Crippen LogP) is 4.69. The summed E-state index contributed by atoms with van der Waals surface area (Å²) in [5.74, 6) is 1.28. The number of hydrogen-bond donors (Lipinski definition) is 2. The number of carbonyl (C=O) groups excluding carboxylic acids is 1. The van der Waals surface area contributed by atoms with Crippen molar-refractivity contribution in [2.45, 2.75) is 25.7 Å². The van der Waals surface area contributed by atoms with Crippen LogP contribution in [-0.2, 0) is 13.5 Å². The molecule has 2 aromatic carbocycles. The summed E-state index contributed by atoms with van der Waals surface area (Å²) >= 11 is 0. The summed E-state index contributed by atoms with van der Waals surface area (Å²) in [7, 11) is 1.95. The van der Waals surface area contributed by atoms with Crippen LogP contribution in [0, 0.1) is 11.7 Å². The second-order valence-corrected chi connectivity index (χ2v) is 8.82. The van der Waals surface area contributed by atoms with Gasteiger partial charge in [0.2, 0.25) is 0 Å². The molecule has 7 heteroatoms. The Labute approximate surface area is 194 Å². The number of halogens is 1. The van der Waals surface area contributed by atoms with Crippen molar-refractivity contribution in [3.05, 3.63) is 72.3 Å². The van der Waals surface area contributed by atoms with E-state index in [1.807, 2.05) is 54.2 Å². The third-order valence-corrected chi connectivity index (χ3v) is 6.18. The molecule has 174 valence electrons. The van der Waals surface area contributed by atoms with E-state index in [-0.39, 0.29) is 11.8 Å². The highest BCUT2D eigenvalue weighted by atomic mass is 19.1. The monoisotopic (exact) mass is 449 g/mol. The first kappa shape index (κ1) is 23.0. The molecule has 33 heavy (non-hydrogen) atoms. The summed E-state index contributed by atoms with van der Waals surface area (Å²) in [6, 6.07) is 14.4. The second kappa shape index (κ2) is 11.1. The number of urea groups is 1. The smallest absolute Gasteiger partial charge is 0.319 e. The Morgan fingerprint density at radius 2 is 2.06 bits per heavy atom. The number of nitrogens with one attached hydrogen (secondary N) is 2. The first-order valence-electron chi connectivity index (χ1n) is 11.7. The van der Waals surface area contributed by atoms with E-state index in [4.69, 9.17) is 0 Å². The molecular weight excluding hydrogens is 417 g/mol. The average molecular weight is 450 g/mol. The molecular formula is C26H32FN5O. The molecule has 0 saturated carbocycles. The van der Waals surface area contributed by atoms with Gasteiger partial charge in [-0.25, -0.2) is 14.2 Å². The largest absolute Gasteiger partial charge is 0.338 e. The Morgan fingerprint density at radius 1 is 1.21 bits per heavy atom. The van der Waals surface area contributed by atoms with E-state index in [9.17, 15) is 9.18 Å². The first-order valence-corrected chi connectivity index (χ1v) is 11.7. The molecule has 2 heterocycles. The van der Waals surface area contributed by atoms with Gasteiger partial charge in [-0.1, -0.05) is 24.3 Å². The van der Waals surface area contributed by atoms with E-state index in [1.165, 1.54) is 18.4 Å². The standard InChI is InChI=1S/C26H32FN5O/c1-31-16-13-28-25(31)22-6-2-7-24(18-22)30-26(33)29-12-4-15-32-14-3-5-21(19-32)17-20-8-10-23(27)11-9-20/h2,6-11,13,16,18,21H,3-5,12,14-15,17,19H2,1H3,(H2,29,30,33). The number of aromatic nitrogens is 2. The van der Waals surface area contributed by atoms with Gasteiger partial charge < -0.3 is 20.1 Å². The molecule has 1 aliphatic rings. The van der Waals surface area contributed by atoms with Crippen LogP contribution in [-0.4, -0.2) is 46.7 Å². The lowest BCUT2D eigenvalue weighted by molar-refractivity contribution is 0.172. The lowest BCUT2D eigenvalue weighted by Crippen LogP contribution is -2.38. The van der Waals surface area contributed by atoms with Gasteiger partial charge in [0.05, 0.1) is 0 Å². The molecule has 1 fully saturated rings. The van der Waals surface area contributed by atoms with Gasteiger partial charge in [-0.05, 0) is 74.5 Å². The fourth-order valence-electron chi connectivity index (χ4n) is 4.53. The SMILES string of the molecule is Cn1ccnc1-c1cccc(NC(=O)NCCCN2CCCC(Cc3ccc(F)cc3)C2)c1. The Hall–Kier alpha value is -3.19. The molecule has 1 aliphatic heterocycles.